The van der Waals surface area contributed by atoms with Gasteiger partial charge in [-0.25, -0.2) is 0 Å². The standard InChI is InChI=1S/C16H17F2NOS/c1-19-10-13-9-12(5-8-15(13)20-2)11-3-6-14(7-4-11)21-16(17)18/h3-9,16,19H,10H2,1-2H3. The van der Waals surface area contributed by atoms with Crippen LogP contribution in [0.4, 0.5) is 8.78 Å². The van der Waals surface area contributed by atoms with Crippen LogP contribution in [0.15, 0.2) is 47.4 Å². The summed E-state index contributed by atoms with van der Waals surface area (Å²) >= 11 is 0.556. The summed E-state index contributed by atoms with van der Waals surface area (Å²) in [7, 11) is 3.52. The van der Waals surface area contributed by atoms with Crippen LogP contribution in [0.3, 0.4) is 0 Å². The van der Waals surface area contributed by atoms with Gasteiger partial charge < -0.3 is 10.1 Å². The van der Waals surface area contributed by atoms with E-state index in [0.717, 1.165) is 22.4 Å². The lowest BCUT2D eigenvalue weighted by Gasteiger charge is -2.11. The minimum absolute atomic E-state index is 0.556. The van der Waals surface area contributed by atoms with E-state index in [1.807, 2.05) is 37.4 Å². The molecular weight excluding hydrogens is 292 g/mol. The Hall–Kier alpha value is -1.59. The molecule has 0 heterocycles. The molecule has 0 saturated carbocycles. The number of hydrogen-bond acceptors (Lipinski definition) is 3. The average molecular weight is 309 g/mol. The van der Waals surface area contributed by atoms with Crippen molar-refractivity contribution in [3.05, 3.63) is 48.0 Å². The summed E-state index contributed by atoms with van der Waals surface area (Å²) in [4.78, 5) is 0.567. The fraction of sp³-hybridized carbons (Fsp3) is 0.250. The number of methoxy groups -OCH3 is 1. The Morgan fingerprint density at radius 1 is 1.10 bits per heavy atom. The van der Waals surface area contributed by atoms with E-state index in [2.05, 4.69) is 5.32 Å². The number of benzene rings is 2. The van der Waals surface area contributed by atoms with Gasteiger partial charge >= 0.3 is 0 Å². The molecule has 0 aliphatic heterocycles. The summed E-state index contributed by atoms with van der Waals surface area (Å²) in [6.07, 6.45) is 0. The molecule has 0 amide bonds. The van der Waals surface area contributed by atoms with Crippen LogP contribution in [0.25, 0.3) is 11.1 Å². The second-order valence-corrected chi connectivity index (χ2v) is 5.52. The monoisotopic (exact) mass is 309 g/mol. The highest BCUT2D eigenvalue weighted by molar-refractivity contribution is 7.99. The van der Waals surface area contributed by atoms with Gasteiger partial charge in [0.05, 0.1) is 7.11 Å². The number of nitrogens with one attached hydrogen (secondary N) is 1. The van der Waals surface area contributed by atoms with Gasteiger partial charge in [0.1, 0.15) is 5.75 Å². The van der Waals surface area contributed by atoms with Crippen molar-refractivity contribution in [1.29, 1.82) is 0 Å². The van der Waals surface area contributed by atoms with E-state index in [0.29, 0.717) is 23.2 Å². The molecule has 0 radical (unpaired) electrons. The normalized spacial score (nSPS) is 10.9. The Bertz CT molecular complexity index is 587. The lowest BCUT2D eigenvalue weighted by molar-refractivity contribution is 0.252. The molecule has 0 spiro atoms. The molecule has 0 atom stereocenters. The minimum Gasteiger partial charge on any atom is -0.496 e. The maximum atomic E-state index is 12.3. The number of ether oxygens (including phenoxy) is 1. The Morgan fingerprint density at radius 3 is 2.33 bits per heavy atom. The van der Waals surface area contributed by atoms with Crippen LogP contribution in [0.5, 0.6) is 5.75 Å². The zero-order valence-electron chi connectivity index (χ0n) is 11.9. The number of alkyl halides is 2. The van der Waals surface area contributed by atoms with E-state index in [9.17, 15) is 8.78 Å². The average Bonchev–Trinajstić information content (AvgIpc) is 2.48. The highest BCUT2D eigenvalue weighted by Gasteiger charge is 2.07. The van der Waals surface area contributed by atoms with Crippen molar-refractivity contribution in [3.8, 4) is 16.9 Å². The third kappa shape index (κ3) is 4.19. The molecule has 0 saturated heterocycles. The molecule has 0 bridgehead atoms. The van der Waals surface area contributed by atoms with Crippen LogP contribution >= 0.6 is 11.8 Å². The summed E-state index contributed by atoms with van der Waals surface area (Å²) in [6.45, 7) is 0.705. The summed E-state index contributed by atoms with van der Waals surface area (Å²) < 4.78 is 29.9. The topological polar surface area (TPSA) is 21.3 Å². The molecular formula is C16H17F2NOS. The first-order valence-corrected chi connectivity index (χ1v) is 7.38. The van der Waals surface area contributed by atoms with Crippen molar-refractivity contribution in [2.75, 3.05) is 14.2 Å². The van der Waals surface area contributed by atoms with Crippen LogP contribution in [0.2, 0.25) is 0 Å². The van der Waals surface area contributed by atoms with Gasteiger partial charge in [-0.05, 0) is 42.4 Å². The number of halogens is 2. The first-order valence-electron chi connectivity index (χ1n) is 6.51. The third-order valence-corrected chi connectivity index (χ3v) is 3.78. The fourth-order valence-electron chi connectivity index (χ4n) is 2.12. The van der Waals surface area contributed by atoms with Crippen molar-refractivity contribution in [2.45, 2.75) is 17.2 Å². The van der Waals surface area contributed by atoms with Gasteiger partial charge in [0.2, 0.25) is 0 Å². The van der Waals surface area contributed by atoms with Crippen LogP contribution < -0.4 is 10.1 Å². The number of hydrogen-bond donors (Lipinski definition) is 1. The van der Waals surface area contributed by atoms with Crippen molar-refractivity contribution in [3.63, 3.8) is 0 Å². The molecule has 2 aromatic carbocycles. The minimum atomic E-state index is -2.39. The molecule has 0 unspecified atom stereocenters. The quantitative estimate of drug-likeness (QED) is 0.799. The predicted octanol–water partition coefficient (Wildman–Crippen LogP) is 4.40. The van der Waals surface area contributed by atoms with E-state index >= 15 is 0 Å². The summed E-state index contributed by atoms with van der Waals surface area (Å²) in [5.74, 6) is -1.56. The van der Waals surface area contributed by atoms with Crippen LogP contribution in [-0.2, 0) is 6.54 Å². The molecule has 112 valence electrons. The van der Waals surface area contributed by atoms with Gasteiger partial charge in [-0.1, -0.05) is 30.0 Å². The maximum absolute atomic E-state index is 12.3. The lowest BCUT2D eigenvalue weighted by Crippen LogP contribution is -2.06. The second kappa shape index (κ2) is 7.43. The lowest BCUT2D eigenvalue weighted by atomic mass is 10.0. The zero-order valence-corrected chi connectivity index (χ0v) is 12.7. The van der Waals surface area contributed by atoms with Gasteiger partial charge in [0, 0.05) is 17.0 Å². The molecule has 2 rings (SSSR count). The van der Waals surface area contributed by atoms with Crippen LogP contribution in [0.1, 0.15) is 5.56 Å². The van der Waals surface area contributed by atoms with Crippen LogP contribution in [0, 0.1) is 0 Å². The van der Waals surface area contributed by atoms with Gasteiger partial charge in [-0.15, -0.1) is 0 Å². The van der Waals surface area contributed by atoms with Crippen molar-refractivity contribution >= 4 is 11.8 Å². The summed E-state index contributed by atoms with van der Waals surface area (Å²) in [5, 5.41) is 3.10. The van der Waals surface area contributed by atoms with Gasteiger partial charge in [0.25, 0.3) is 5.76 Å². The molecule has 5 heteroatoms. The summed E-state index contributed by atoms with van der Waals surface area (Å²) in [6, 6.07) is 13.1. The smallest absolute Gasteiger partial charge is 0.288 e. The predicted molar refractivity (Wildman–Crippen MR) is 83.1 cm³/mol. The van der Waals surface area contributed by atoms with Crippen molar-refractivity contribution < 1.29 is 13.5 Å². The molecule has 0 aromatic heterocycles. The van der Waals surface area contributed by atoms with Crippen molar-refractivity contribution in [1.82, 2.24) is 5.32 Å². The first kappa shape index (κ1) is 15.8. The Balaban J connectivity index is 2.26. The Morgan fingerprint density at radius 2 is 1.76 bits per heavy atom. The van der Waals surface area contributed by atoms with E-state index in [4.69, 9.17) is 4.74 Å². The first-order chi connectivity index (χ1) is 10.1. The molecule has 1 N–H and O–H groups in total. The van der Waals surface area contributed by atoms with E-state index in [-0.39, 0.29) is 0 Å². The third-order valence-electron chi connectivity index (χ3n) is 3.06. The van der Waals surface area contributed by atoms with E-state index in [1.54, 1.807) is 19.2 Å². The van der Waals surface area contributed by atoms with E-state index in [1.165, 1.54) is 0 Å². The molecule has 0 fully saturated rings. The number of thioether (sulfide) groups is 1. The van der Waals surface area contributed by atoms with Gasteiger partial charge in [0.15, 0.2) is 0 Å². The molecule has 0 aliphatic rings. The van der Waals surface area contributed by atoms with Crippen LogP contribution in [-0.4, -0.2) is 19.9 Å². The fourth-order valence-corrected chi connectivity index (χ4v) is 2.61. The largest absolute Gasteiger partial charge is 0.496 e. The molecule has 2 nitrogen and oxygen atoms in total. The Kier molecular flexibility index (Phi) is 5.59. The zero-order chi connectivity index (χ0) is 15.2. The Labute approximate surface area is 127 Å². The SMILES string of the molecule is CNCc1cc(-c2ccc(SC(F)F)cc2)ccc1OC. The van der Waals surface area contributed by atoms with Crippen molar-refractivity contribution in [2.24, 2.45) is 0 Å². The maximum Gasteiger partial charge on any atom is 0.288 e. The highest BCUT2D eigenvalue weighted by Crippen LogP contribution is 2.30. The van der Waals surface area contributed by atoms with Gasteiger partial charge in [-0.3, -0.25) is 0 Å². The number of rotatable bonds is 6. The van der Waals surface area contributed by atoms with Gasteiger partial charge in [-0.2, -0.15) is 8.78 Å². The summed E-state index contributed by atoms with van der Waals surface area (Å²) in [5.41, 5.74) is 3.09. The second-order valence-electron chi connectivity index (χ2n) is 4.46. The molecule has 0 aliphatic carbocycles. The van der Waals surface area contributed by atoms with E-state index < -0.39 is 5.76 Å². The molecule has 21 heavy (non-hydrogen) atoms. The highest BCUT2D eigenvalue weighted by atomic mass is 32.2. The molecule has 2 aromatic rings.